The molecule has 1 N–H and O–H groups in total. The highest BCUT2D eigenvalue weighted by molar-refractivity contribution is 6.06. The second kappa shape index (κ2) is 7.03. The van der Waals surface area contributed by atoms with Crippen molar-refractivity contribution in [3.05, 3.63) is 29.8 Å². The third-order valence-corrected chi connectivity index (χ3v) is 4.90. The van der Waals surface area contributed by atoms with E-state index >= 15 is 0 Å². The van der Waals surface area contributed by atoms with Gasteiger partial charge in [0.2, 0.25) is 0 Å². The van der Waals surface area contributed by atoms with Gasteiger partial charge in [-0.25, -0.2) is 0 Å². The number of methoxy groups -OCH3 is 2. The van der Waals surface area contributed by atoms with Gasteiger partial charge in [-0.3, -0.25) is 14.4 Å². The number of carboxylic acid groups (broad SMARTS) is 1. The van der Waals surface area contributed by atoms with Crippen LogP contribution in [0.3, 0.4) is 0 Å². The van der Waals surface area contributed by atoms with Crippen LogP contribution in [0, 0.1) is 11.3 Å². The summed E-state index contributed by atoms with van der Waals surface area (Å²) in [5.41, 5.74) is -0.403. The molecule has 0 radical (unpaired) electrons. The van der Waals surface area contributed by atoms with Crippen molar-refractivity contribution in [2.45, 2.75) is 32.1 Å². The van der Waals surface area contributed by atoms with Crippen LogP contribution in [-0.4, -0.2) is 37.0 Å². The lowest BCUT2D eigenvalue weighted by atomic mass is 9.62. The maximum atomic E-state index is 12.9. The Morgan fingerprint density at radius 3 is 2.38 bits per heavy atom. The molecule has 1 aromatic rings. The van der Waals surface area contributed by atoms with Gasteiger partial charge in [0.15, 0.2) is 5.78 Å². The normalized spacial score (nSPS) is 26.7. The van der Waals surface area contributed by atoms with Gasteiger partial charge in [-0.05, 0) is 43.4 Å². The van der Waals surface area contributed by atoms with Gasteiger partial charge in [-0.2, -0.15) is 0 Å². The van der Waals surface area contributed by atoms with Gasteiger partial charge in [0.05, 0.1) is 20.6 Å². The van der Waals surface area contributed by atoms with Crippen molar-refractivity contribution < 1.29 is 29.0 Å². The third kappa shape index (κ3) is 3.27. The molecule has 1 aliphatic rings. The van der Waals surface area contributed by atoms with Crippen LogP contribution in [0.2, 0.25) is 0 Å². The Morgan fingerprint density at radius 2 is 1.88 bits per heavy atom. The SMILES string of the molecule is COC(=O)C1(C)CCC(c2ccc(OC)cc2)C(CC(=O)O)C1=O. The molecule has 0 aromatic heterocycles. The van der Waals surface area contributed by atoms with Gasteiger partial charge in [0, 0.05) is 5.92 Å². The minimum Gasteiger partial charge on any atom is -0.497 e. The van der Waals surface area contributed by atoms with Gasteiger partial charge in [0.25, 0.3) is 0 Å². The van der Waals surface area contributed by atoms with E-state index in [4.69, 9.17) is 9.47 Å². The molecule has 1 aliphatic carbocycles. The third-order valence-electron chi connectivity index (χ3n) is 4.90. The summed E-state index contributed by atoms with van der Waals surface area (Å²) in [5.74, 6) is -2.32. The van der Waals surface area contributed by atoms with Crippen LogP contribution in [0.5, 0.6) is 5.75 Å². The zero-order chi connectivity index (χ0) is 17.9. The smallest absolute Gasteiger partial charge is 0.319 e. The molecule has 6 heteroatoms. The predicted molar refractivity (Wildman–Crippen MR) is 85.8 cm³/mol. The van der Waals surface area contributed by atoms with Crippen LogP contribution in [-0.2, 0) is 19.1 Å². The van der Waals surface area contributed by atoms with E-state index in [0.29, 0.717) is 18.6 Å². The van der Waals surface area contributed by atoms with E-state index in [0.717, 1.165) is 5.56 Å². The number of aliphatic carboxylic acids is 1. The van der Waals surface area contributed by atoms with Crippen molar-refractivity contribution in [2.75, 3.05) is 14.2 Å². The van der Waals surface area contributed by atoms with Crippen molar-refractivity contribution in [3.8, 4) is 5.75 Å². The molecule has 3 unspecified atom stereocenters. The van der Waals surface area contributed by atoms with E-state index in [1.54, 1.807) is 26.2 Å². The monoisotopic (exact) mass is 334 g/mol. The summed E-state index contributed by atoms with van der Waals surface area (Å²) in [4.78, 5) is 36.2. The number of Topliss-reactive ketones (excluding diaryl/α,β-unsaturated/α-hetero) is 1. The minimum absolute atomic E-state index is 0.239. The van der Waals surface area contributed by atoms with E-state index in [-0.39, 0.29) is 18.1 Å². The van der Waals surface area contributed by atoms with E-state index < -0.39 is 23.3 Å². The number of benzene rings is 1. The highest BCUT2D eigenvalue weighted by Crippen LogP contribution is 2.46. The highest BCUT2D eigenvalue weighted by Gasteiger charge is 2.51. The molecule has 0 aliphatic heterocycles. The Bertz CT molecular complexity index is 635. The molecule has 0 heterocycles. The number of carbonyl (C=O) groups is 3. The first-order valence-corrected chi connectivity index (χ1v) is 7.82. The van der Waals surface area contributed by atoms with Gasteiger partial charge < -0.3 is 14.6 Å². The number of esters is 1. The van der Waals surface area contributed by atoms with E-state index in [9.17, 15) is 19.5 Å². The quantitative estimate of drug-likeness (QED) is 0.657. The largest absolute Gasteiger partial charge is 0.497 e. The average molecular weight is 334 g/mol. The van der Waals surface area contributed by atoms with Crippen molar-refractivity contribution >= 4 is 17.7 Å². The fraction of sp³-hybridized carbons (Fsp3) is 0.500. The fourth-order valence-corrected chi connectivity index (χ4v) is 3.46. The van der Waals surface area contributed by atoms with E-state index in [1.165, 1.54) is 7.11 Å². The molecule has 1 aromatic carbocycles. The summed E-state index contributed by atoms with van der Waals surface area (Å²) < 4.78 is 9.89. The summed E-state index contributed by atoms with van der Waals surface area (Å²) >= 11 is 0. The van der Waals surface area contributed by atoms with Crippen molar-refractivity contribution in [1.82, 2.24) is 0 Å². The van der Waals surface area contributed by atoms with Gasteiger partial charge in [0.1, 0.15) is 11.2 Å². The molecule has 130 valence electrons. The Balaban J connectivity index is 2.36. The number of carboxylic acids is 1. The number of ether oxygens (including phenoxy) is 2. The number of rotatable bonds is 5. The Morgan fingerprint density at radius 1 is 1.25 bits per heavy atom. The summed E-state index contributed by atoms with van der Waals surface area (Å²) in [6, 6.07) is 7.25. The Kier molecular flexibility index (Phi) is 5.26. The molecule has 6 nitrogen and oxygen atoms in total. The molecule has 3 atom stereocenters. The van der Waals surface area contributed by atoms with Crippen molar-refractivity contribution in [2.24, 2.45) is 11.3 Å². The summed E-state index contributed by atoms with van der Waals surface area (Å²) in [5, 5.41) is 9.21. The maximum absolute atomic E-state index is 12.9. The average Bonchev–Trinajstić information content (AvgIpc) is 2.58. The minimum atomic E-state index is -1.28. The van der Waals surface area contributed by atoms with Crippen LogP contribution >= 0.6 is 0 Å². The van der Waals surface area contributed by atoms with E-state index in [1.807, 2.05) is 12.1 Å². The molecular weight excluding hydrogens is 312 g/mol. The van der Waals surface area contributed by atoms with Gasteiger partial charge >= 0.3 is 11.9 Å². The molecule has 0 amide bonds. The van der Waals surface area contributed by atoms with Crippen LogP contribution in [0.15, 0.2) is 24.3 Å². The number of hydrogen-bond acceptors (Lipinski definition) is 5. The lowest BCUT2D eigenvalue weighted by molar-refractivity contribution is -0.163. The summed E-state index contributed by atoms with van der Waals surface area (Å²) in [6.45, 7) is 1.54. The van der Waals surface area contributed by atoms with E-state index in [2.05, 4.69) is 0 Å². The number of carbonyl (C=O) groups excluding carboxylic acids is 2. The van der Waals surface area contributed by atoms with Crippen molar-refractivity contribution in [3.63, 3.8) is 0 Å². The zero-order valence-electron chi connectivity index (χ0n) is 14.1. The molecule has 0 saturated heterocycles. The summed E-state index contributed by atoms with van der Waals surface area (Å²) in [7, 11) is 2.80. The molecule has 1 saturated carbocycles. The summed E-state index contributed by atoms with van der Waals surface area (Å²) in [6.07, 6.45) is 0.578. The van der Waals surface area contributed by atoms with Gasteiger partial charge in [-0.1, -0.05) is 12.1 Å². The first kappa shape index (κ1) is 18.0. The molecular formula is C18H22O6. The molecule has 24 heavy (non-hydrogen) atoms. The Hall–Kier alpha value is -2.37. The van der Waals surface area contributed by atoms with Crippen LogP contribution in [0.4, 0.5) is 0 Å². The standard InChI is InChI=1S/C18H22O6/c1-18(17(22)24-3)9-8-13(14(16(18)21)10-15(19)20)11-4-6-12(23-2)7-5-11/h4-7,13-14H,8-10H2,1-3H3,(H,19,20). The predicted octanol–water partition coefficient (Wildman–Crippen LogP) is 2.41. The molecule has 0 bridgehead atoms. The lowest BCUT2D eigenvalue weighted by Gasteiger charge is -2.39. The maximum Gasteiger partial charge on any atom is 0.319 e. The number of ketones is 1. The molecule has 1 fully saturated rings. The highest BCUT2D eigenvalue weighted by atomic mass is 16.5. The fourth-order valence-electron chi connectivity index (χ4n) is 3.46. The van der Waals surface area contributed by atoms with Crippen LogP contribution < -0.4 is 4.74 Å². The molecule has 2 rings (SSSR count). The van der Waals surface area contributed by atoms with Crippen LogP contribution in [0.25, 0.3) is 0 Å². The first-order chi connectivity index (χ1) is 11.3. The molecule has 0 spiro atoms. The topological polar surface area (TPSA) is 89.9 Å². The number of hydrogen-bond donors (Lipinski definition) is 1. The lowest BCUT2D eigenvalue weighted by Crippen LogP contribution is -2.47. The Labute approximate surface area is 140 Å². The van der Waals surface area contributed by atoms with Crippen molar-refractivity contribution in [1.29, 1.82) is 0 Å². The van der Waals surface area contributed by atoms with Gasteiger partial charge in [-0.15, -0.1) is 0 Å². The first-order valence-electron chi connectivity index (χ1n) is 7.82. The second-order valence-corrected chi connectivity index (χ2v) is 6.31. The van der Waals surface area contributed by atoms with Crippen LogP contribution in [0.1, 0.15) is 37.7 Å². The zero-order valence-corrected chi connectivity index (χ0v) is 14.1. The second-order valence-electron chi connectivity index (χ2n) is 6.31.